The lowest BCUT2D eigenvalue weighted by Crippen LogP contribution is -2.55. The number of hydrogen-bond acceptors (Lipinski definition) is 6. The summed E-state index contributed by atoms with van der Waals surface area (Å²) < 4.78 is 6.66. The molecule has 6 nitrogen and oxygen atoms in total. The molecule has 0 bridgehead atoms. The van der Waals surface area contributed by atoms with Gasteiger partial charge in [0.1, 0.15) is 36.3 Å². The summed E-state index contributed by atoms with van der Waals surface area (Å²) in [7, 11) is 0. The highest BCUT2D eigenvalue weighted by Gasteiger charge is 2.43. The fourth-order valence-electron chi connectivity index (χ4n) is 3.12. The summed E-state index contributed by atoms with van der Waals surface area (Å²) in [6.45, 7) is -0.452. The molecule has 1 saturated heterocycles. The molecule has 0 aromatic heterocycles. The second kappa shape index (κ2) is 8.20. The summed E-state index contributed by atoms with van der Waals surface area (Å²) in [4.78, 5) is 0. The number of aliphatic hydroxyl groups excluding tert-OH is 4. The Hall–Kier alpha value is -1.23. The van der Waals surface area contributed by atoms with Crippen LogP contribution < -0.4 is 0 Å². The average Bonchev–Trinajstić information content (AvgIpc) is 2.64. The van der Waals surface area contributed by atoms with Gasteiger partial charge in [-0.2, -0.15) is 0 Å². The predicted octanol–water partition coefficient (Wildman–Crippen LogP) is 1.10. The minimum absolute atomic E-state index is 0.207. The Balaban J connectivity index is 1.87. The third-order valence-electron chi connectivity index (χ3n) is 4.62. The molecule has 7 heteroatoms. The van der Waals surface area contributed by atoms with E-state index in [9.17, 15) is 25.5 Å². The highest BCUT2D eigenvalue weighted by atomic mass is 127. The van der Waals surface area contributed by atoms with Crippen LogP contribution in [-0.2, 0) is 11.2 Å². The summed E-state index contributed by atoms with van der Waals surface area (Å²) in [5.41, 5.74) is 2.69. The monoisotopic (exact) mass is 472 g/mol. The zero-order valence-electron chi connectivity index (χ0n) is 13.9. The van der Waals surface area contributed by atoms with Crippen molar-refractivity contribution in [1.29, 1.82) is 0 Å². The second-order valence-corrected chi connectivity index (χ2v) is 7.61. The Morgan fingerprint density at radius 3 is 2.27 bits per heavy atom. The SMILES string of the molecule is OCC1OC(c2ccc(I)c(Cc3ccc(O)cc3)c2)[C@H](O)[C@@H](O)[C@@H]1O. The number of hydrogen-bond donors (Lipinski definition) is 5. The van der Waals surface area contributed by atoms with E-state index in [0.29, 0.717) is 12.0 Å². The predicted molar refractivity (Wildman–Crippen MR) is 103 cm³/mol. The van der Waals surface area contributed by atoms with E-state index in [0.717, 1.165) is 14.7 Å². The van der Waals surface area contributed by atoms with Gasteiger partial charge in [-0.15, -0.1) is 0 Å². The number of rotatable bonds is 4. The molecule has 1 aliphatic rings. The van der Waals surface area contributed by atoms with E-state index < -0.39 is 37.1 Å². The lowest BCUT2D eigenvalue weighted by Gasteiger charge is -2.40. The molecular weight excluding hydrogens is 451 g/mol. The number of halogens is 1. The van der Waals surface area contributed by atoms with Crippen molar-refractivity contribution in [2.75, 3.05) is 6.61 Å². The fourth-order valence-corrected chi connectivity index (χ4v) is 3.64. The zero-order valence-corrected chi connectivity index (χ0v) is 16.0. The maximum absolute atomic E-state index is 10.3. The third-order valence-corrected chi connectivity index (χ3v) is 5.67. The molecule has 1 fully saturated rings. The molecule has 0 radical (unpaired) electrons. The normalized spacial score (nSPS) is 28.9. The van der Waals surface area contributed by atoms with Crippen LogP contribution in [-0.4, -0.2) is 56.6 Å². The standard InChI is InChI=1S/C19H21IO6/c20-14-6-3-11(8-12(14)7-10-1-4-13(22)5-2-10)19-18(25)17(24)16(23)15(9-21)26-19/h1-6,8,15-19,21-25H,7,9H2/t15?,16-,17+,18-,19?/m1/s1. The summed E-state index contributed by atoms with van der Waals surface area (Å²) in [5, 5.41) is 49.0. The molecule has 26 heavy (non-hydrogen) atoms. The quantitative estimate of drug-likeness (QED) is 0.427. The van der Waals surface area contributed by atoms with Crippen molar-refractivity contribution in [3.05, 3.63) is 62.7 Å². The van der Waals surface area contributed by atoms with Crippen LogP contribution in [0.15, 0.2) is 42.5 Å². The lowest BCUT2D eigenvalue weighted by atomic mass is 9.90. The molecule has 0 aliphatic carbocycles. The summed E-state index contributed by atoms with van der Waals surface area (Å²) in [5.74, 6) is 0.207. The molecule has 1 aliphatic heterocycles. The number of ether oxygens (including phenoxy) is 1. The van der Waals surface area contributed by atoms with Gasteiger partial charge in [-0.1, -0.05) is 24.3 Å². The van der Waals surface area contributed by atoms with Gasteiger partial charge in [0.25, 0.3) is 0 Å². The summed E-state index contributed by atoms with van der Waals surface area (Å²) in [6, 6.07) is 12.5. The number of aliphatic hydroxyl groups is 4. The van der Waals surface area contributed by atoms with Crippen LogP contribution in [0.3, 0.4) is 0 Å². The van der Waals surface area contributed by atoms with Crippen LogP contribution >= 0.6 is 22.6 Å². The average molecular weight is 472 g/mol. The van der Waals surface area contributed by atoms with Gasteiger partial charge in [0.15, 0.2) is 0 Å². The van der Waals surface area contributed by atoms with Crippen molar-refractivity contribution < 1.29 is 30.3 Å². The van der Waals surface area contributed by atoms with E-state index >= 15 is 0 Å². The smallest absolute Gasteiger partial charge is 0.115 e. The Morgan fingerprint density at radius 1 is 0.923 bits per heavy atom. The van der Waals surface area contributed by atoms with E-state index in [2.05, 4.69) is 22.6 Å². The minimum Gasteiger partial charge on any atom is -0.508 e. The first-order valence-corrected chi connectivity index (χ1v) is 9.35. The molecule has 0 amide bonds. The van der Waals surface area contributed by atoms with Gasteiger partial charge in [0, 0.05) is 3.57 Å². The first-order valence-electron chi connectivity index (χ1n) is 8.27. The van der Waals surface area contributed by atoms with Gasteiger partial charge in [-0.3, -0.25) is 0 Å². The molecule has 0 spiro atoms. The minimum atomic E-state index is -1.40. The van der Waals surface area contributed by atoms with Gasteiger partial charge in [-0.25, -0.2) is 0 Å². The third kappa shape index (κ3) is 4.03. The van der Waals surface area contributed by atoms with Crippen LogP contribution in [0.5, 0.6) is 5.75 Å². The summed E-state index contributed by atoms with van der Waals surface area (Å²) in [6.07, 6.45) is -5.21. The number of benzene rings is 2. The number of phenols is 1. The highest BCUT2D eigenvalue weighted by molar-refractivity contribution is 14.1. The van der Waals surface area contributed by atoms with Gasteiger partial charge >= 0.3 is 0 Å². The van der Waals surface area contributed by atoms with Crippen LogP contribution in [0.4, 0.5) is 0 Å². The molecular formula is C19H21IO6. The molecule has 2 aromatic carbocycles. The lowest BCUT2D eigenvalue weighted by molar-refractivity contribution is -0.231. The number of phenolic OH excluding ortho intramolecular Hbond substituents is 1. The maximum atomic E-state index is 10.3. The van der Waals surface area contributed by atoms with E-state index in [1.807, 2.05) is 24.3 Å². The van der Waals surface area contributed by atoms with E-state index in [-0.39, 0.29) is 5.75 Å². The number of aromatic hydroxyl groups is 1. The van der Waals surface area contributed by atoms with Crippen LogP contribution in [0.2, 0.25) is 0 Å². The largest absolute Gasteiger partial charge is 0.508 e. The van der Waals surface area contributed by atoms with E-state index in [1.165, 1.54) is 0 Å². The van der Waals surface area contributed by atoms with Crippen LogP contribution in [0.1, 0.15) is 22.8 Å². The Labute approximate surface area is 164 Å². The van der Waals surface area contributed by atoms with Gasteiger partial charge in [0.05, 0.1) is 6.61 Å². The topological polar surface area (TPSA) is 110 Å². The maximum Gasteiger partial charge on any atom is 0.115 e. The highest BCUT2D eigenvalue weighted by Crippen LogP contribution is 2.33. The molecule has 5 N–H and O–H groups in total. The molecule has 1 heterocycles. The van der Waals surface area contributed by atoms with E-state index in [1.54, 1.807) is 18.2 Å². The van der Waals surface area contributed by atoms with Gasteiger partial charge in [0.2, 0.25) is 0 Å². The first kappa shape index (κ1) is 19.5. The Bertz CT molecular complexity index is 748. The zero-order chi connectivity index (χ0) is 18.8. The van der Waals surface area contributed by atoms with Crippen molar-refractivity contribution in [2.45, 2.75) is 36.9 Å². The Morgan fingerprint density at radius 2 is 1.62 bits per heavy atom. The van der Waals surface area contributed by atoms with Crippen molar-refractivity contribution in [3.8, 4) is 5.75 Å². The molecule has 3 rings (SSSR count). The molecule has 0 saturated carbocycles. The van der Waals surface area contributed by atoms with Crippen molar-refractivity contribution in [3.63, 3.8) is 0 Å². The molecule has 140 valence electrons. The molecule has 2 unspecified atom stereocenters. The van der Waals surface area contributed by atoms with Crippen LogP contribution in [0.25, 0.3) is 0 Å². The van der Waals surface area contributed by atoms with Gasteiger partial charge in [-0.05, 0) is 63.9 Å². The van der Waals surface area contributed by atoms with Crippen molar-refractivity contribution >= 4 is 22.6 Å². The van der Waals surface area contributed by atoms with Crippen molar-refractivity contribution in [2.24, 2.45) is 0 Å². The summed E-state index contributed by atoms with van der Waals surface area (Å²) >= 11 is 2.22. The van der Waals surface area contributed by atoms with E-state index in [4.69, 9.17) is 4.74 Å². The van der Waals surface area contributed by atoms with Crippen LogP contribution in [0, 0.1) is 3.57 Å². The van der Waals surface area contributed by atoms with Gasteiger partial charge < -0.3 is 30.3 Å². The first-order chi connectivity index (χ1) is 12.4. The van der Waals surface area contributed by atoms with Crippen molar-refractivity contribution in [1.82, 2.24) is 0 Å². The molecule has 2 aromatic rings. The Kier molecular flexibility index (Phi) is 6.16. The second-order valence-electron chi connectivity index (χ2n) is 6.44. The molecule has 5 atom stereocenters. The fraction of sp³-hybridized carbons (Fsp3) is 0.368.